The average molecular weight is 413 g/mol. The summed E-state index contributed by atoms with van der Waals surface area (Å²) in [5, 5.41) is 4.26. The molecule has 0 aromatic carbocycles. The highest BCUT2D eigenvalue weighted by Crippen LogP contribution is 2.33. The number of anilines is 1. The molecule has 0 aliphatic carbocycles. The third-order valence-electron chi connectivity index (χ3n) is 4.98. The normalized spacial score (nSPS) is 16.9. The van der Waals surface area contributed by atoms with Gasteiger partial charge in [0.2, 0.25) is 0 Å². The van der Waals surface area contributed by atoms with E-state index in [2.05, 4.69) is 15.1 Å². The van der Waals surface area contributed by atoms with E-state index in [0.717, 1.165) is 23.3 Å². The van der Waals surface area contributed by atoms with E-state index in [1.165, 1.54) is 9.58 Å². The zero-order chi connectivity index (χ0) is 21.0. The number of carbonyl (C=O) groups excluding carboxylic acids is 1. The molecular formula is C19H14F3N7O. The molecule has 0 radical (unpaired) electrons. The van der Waals surface area contributed by atoms with Gasteiger partial charge in [-0.3, -0.25) is 9.69 Å². The molecule has 0 fully saturated rings. The van der Waals surface area contributed by atoms with Crippen molar-refractivity contribution in [3.8, 4) is 11.1 Å². The summed E-state index contributed by atoms with van der Waals surface area (Å²) in [6.45, 7) is 0.0336. The molecule has 1 aliphatic rings. The van der Waals surface area contributed by atoms with Gasteiger partial charge in [-0.1, -0.05) is 0 Å². The van der Waals surface area contributed by atoms with E-state index in [0.29, 0.717) is 11.8 Å². The van der Waals surface area contributed by atoms with E-state index in [1.54, 1.807) is 18.6 Å². The zero-order valence-corrected chi connectivity index (χ0v) is 15.3. The van der Waals surface area contributed by atoms with Gasteiger partial charge >= 0.3 is 6.18 Å². The van der Waals surface area contributed by atoms with Gasteiger partial charge in [0, 0.05) is 35.9 Å². The fraction of sp³-hybridized carbons (Fsp3) is 0.158. The van der Waals surface area contributed by atoms with E-state index in [-0.39, 0.29) is 18.1 Å². The van der Waals surface area contributed by atoms with Gasteiger partial charge in [-0.15, -0.1) is 0 Å². The molecule has 1 aliphatic heterocycles. The molecule has 0 saturated carbocycles. The highest BCUT2D eigenvalue weighted by molar-refractivity contribution is 6.09. The number of amides is 1. The molecule has 8 nitrogen and oxygen atoms in total. The lowest BCUT2D eigenvalue weighted by Gasteiger charge is -2.31. The Morgan fingerprint density at radius 1 is 1.10 bits per heavy atom. The van der Waals surface area contributed by atoms with E-state index in [4.69, 9.17) is 5.73 Å². The van der Waals surface area contributed by atoms with Gasteiger partial charge < -0.3 is 10.1 Å². The lowest BCUT2D eigenvalue weighted by Crippen LogP contribution is -2.47. The minimum Gasteiger partial charge on any atom is -0.308 e. The summed E-state index contributed by atoms with van der Waals surface area (Å²) in [5.74, 6) is -0.353. The molecule has 30 heavy (non-hydrogen) atoms. The Hall–Kier alpha value is -3.73. The highest BCUT2D eigenvalue weighted by Gasteiger charge is 2.36. The summed E-state index contributed by atoms with van der Waals surface area (Å²) in [7, 11) is 0. The number of nitrogens with zero attached hydrogens (tertiary/aromatic N) is 6. The molecule has 4 aromatic heterocycles. The van der Waals surface area contributed by atoms with Crippen molar-refractivity contribution in [1.82, 2.24) is 24.1 Å². The standard InChI is InChI=1S/C19H14F3N7O/c20-19(21,22)12-2-4-16(25-7-12)28-10-14(23)29-17(18(28)30)13(8-26-29)11-1-3-15-24-5-6-27(15)9-11/h1-9,14H,10,23H2/t14-/m1/s1. The van der Waals surface area contributed by atoms with Crippen LogP contribution in [-0.2, 0) is 6.18 Å². The second kappa shape index (κ2) is 6.39. The van der Waals surface area contributed by atoms with Crippen molar-refractivity contribution in [1.29, 1.82) is 0 Å². The van der Waals surface area contributed by atoms with Crippen LogP contribution in [0.2, 0.25) is 0 Å². The zero-order valence-electron chi connectivity index (χ0n) is 15.3. The molecule has 0 spiro atoms. The first-order valence-electron chi connectivity index (χ1n) is 8.94. The fourth-order valence-corrected chi connectivity index (χ4v) is 3.50. The molecule has 1 amide bonds. The lowest BCUT2D eigenvalue weighted by molar-refractivity contribution is -0.137. The van der Waals surface area contributed by atoms with Gasteiger partial charge in [-0.05, 0) is 24.3 Å². The van der Waals surface area contributed by atoms with Gasteiger partial charge in [0.15, 0.2) is 0 Å². The number of fused-ring (bicyclic) bond motifs is 2. The number of alkyl halides is 3. The Morgan fingerprint density at radius 2 is 1.93 bits per heavy atom. The molecule has 152 valence electrons. The van der Waals surface area contributed by atoms with Crippen molar-refractivity contribution in [3.63, 3.8) is 0 Å². The molecule has 0 bridgehead atoms. The number of pyridine rings is 2. The third kappa shape index (κ3) is 2.82. The van der Waals surface area contributed by atoms with Crippen LogP contribution in [0.15, 0.2) is 55.2 Å². The Bertz CT molecular complexity index is 1260. The first kappa shape index (κ1) is 18.3. The summed E-state index contributed by atoms with van der Waals surface area (Å²) >= 11 is 0. The summed E-state index contributed by atoms with van der Waals surface area (Å²) in [6.07, 6.45) is 2.32. The highest BCUT2D eigenvalue weighted by atomic mass is 19.4. The number of aromatic nitrogens is 5. The maximum Gasteiger partial charge on any atom is 0.417 e. The molecule has 4 aromatic rings. The third-order valence-corrected chi connectivity index (χ3v) is 4.98. The number of rotatable bonds is 2. The van der Waals surface area contributed by atoms with Crippen LogP contribution in [0.25, 0.3) is 16.8 Å². The number of hydrogen-bond donors (Lipinski definition) is 1. The second-order valence-electron chi connectivity index (χ2n) is 6.85. The van der Waals surface area contributed by atoms with Gasteiger partial charge in [0.1, 0.15) is 23.3 Å². The summed E-state index contributed by atoms with van der Waals surface area (Å²) in [6, 6.07) is 5.67. The lowest BCUT2D eigenvalue weighted by atomic mass is 10.1. The summed E-state index contributed by atoms with van der Waals surface area (Å²) < 4.78 is 41.7. The summed E-state index contributed by atoms with van der Waals surface area (Å²) in [4.78, 5) is 22.5. The van der Waals surface area contributed by atoms with Crippen LogP contribution in [0.1, 0.15) is 22.2 Å². The van der Waals surface area contributed by atoms with Crippen LogP contribution in [-0.4, -0.2) is 36.6 Å². The molecule has 1 atom stereocenters. The van der Waals surface area contributed by atoms with Crippen molar-refractivity contribution in [2.45, 2.75) is 12.3 Å². The molecule has 11 heteroatoms. The van der Waals surface area contributed by atoms with E-state index in [1.807, 2.05) is 22.7 Å². The Labute approximate surface area is 167 Å². The second-order valence-corrected chi connectivity index (χ2v) is 6.85. The Balaban J connectivity index is 1.56. The number of nitrogens with two attached hydrogens (primary N) is 1. The number of hydrogen-bond acceptors (Lipinski definition) is 5. The first-order chi connectivity index (χ1) is 14.3. The molecule has 0 saturated heterocycles. The van der Waals surface area contributed by atoms with Crippen LogP contribution in [0.3, 0.4) is 0 Å². The van der Waals surface area contributed by atoms with Crippen LogP contribution >= 0.6 is 0 Å². The first-order valence-corrected chi connectivity index (χ1v) is 8.94. The predicted molar refractivity (Wildman–Crippen MR) is 101 cm³/mol. The Morgan fingerprint density at radius 3 is 2.67 bits per heavy atom. The minimum atomic E-state index is -4.51. The van der Waals surface area contributed by atoms with Gasteiger partial charge in [-0.2, -0.15) is 18.3 Å². The van der Waals surface area contributed by atoms with Crippen LogP contribution in [0.4, 0.5) is 19.0 Å². The fourth-order valence-electron chi connectivity index (χ4n) is 3.50. The van der Waals surface area contributed by atoms with Gasteiger partial charge in [0.25, 0.3) is 5.91 Å². The topological polar surface area (TPSA) is 94.3 Å². The smallest absolute Gasteiger partial charge is 0.308 e. The molecular weight excluding hydrogens is 399 g/mol. The van der Waals surface area contributed by atoms with E-state index < -0.39 is 23.8 Å². The summed E-state index contributed by atoms with van der Waals surface area (Å²) in [5.41, 5.74) is 7.57. The molecule has 5 heterocycles. The van der Waals surface area contributed by atoms with Gasteiger partial charge in [-0.25, -0.2) is 14.6 Å². The minimum absolute atomic E-state index is 0.0336. The SMILES string of the molecule is N[C@H]1CN(c2ccc(C(F)(F)F)cn2)C(=O)c2c(-c3ccc4nccn4c3)cnn21. The van der Waals surface area contributed by atoms with Crippen molar-refractivity contribution in [2.24, 2.45) is 5.73 Å². The van der Waals surface area contributed by atoms with E-state index >= 15 is 0 Å². The monoisotopic (exact) mass is 413 g/mol. The van der Waals surface area contributed by atoms with Crippen molar-refractivity contribution >= 4 is 17.4 Å². The van der Waals surface area contributed by atoms with Gasteiger partial charge in [0.05, 0.1) is 18.3 Å². The van der Waals surface area contributed by atoms with Crippen molar-refractivity contribution in [3.05, 3.63) is 66.5 Å². The molecule has 2 N–H and O–H groups in total. The predicted octanol–water partition coefficient (Wildman–Crippen LogP) is 2.73. The quantitative estimate of drug-likeness (QED) is 0.545. The average Bonchev–Trinajstić information content (AvgIpc) is 3.37. The largest absolute Gasteiger partial charge is 0.417 e. The molecule has 5 rings (SSSR count). The number of carbonyl (C=O) groups is 1. The number of imidazole rings is 1. The van der Waals surface area contributed by atoms with Crippen molar-refractivity contribution < 1.29 is 18.0 Å². The van der Waals surface area contributed by atoms with Crippen LogP contribution < -0.4 is 10.6 Å². The van der Waals surface area contributed by atoms with E-state index in [9.17, 15) is 18.0 Å². The maximum atomic E-state index is 13.2. The van der Waals surface area contributed by atoms with Crippen LogP contribution in [0.5, 0.6) is 0 Å². The Kier molecular flexibility index (Phi) is 3.90. The van der Waals surface area contributed by atoms with Crippen molar-refractivity contribution in [2.75, 3.05) is 11.4 Å². The van der Waals surface area contributed by atoms with Crippen LogP contribution in [0, 0.1) is 0 Å². The molecule has 0 unspecified atom stereocenters. The number of halogens is 3. The maximum absolute atomic E-state index is 13.2.